The van der Waals surface area contributed by atoms with Gasteiger partial charge in [-0.05, 0) is 44.0 Å². The van der Waals surface area contributed by atoms with Crippen molar-refractivity contribution in [2.45, 2.75) is 32.6 Å². The number of aromatic nitrogens is 2. The lowest BCUT2D eigenvalue weighted by molar-refractivity contribution is 0.102. The number of hydrogen-bond acceptors (Lipinski definition) is 4. The van der Waals surface area contributed by atoms with Crippen molar-refractivity contribution in [1.82, 2.24) is 10.2 Å². The fourth-order valence-corrected chi connectivity index (χ4v) is 2.75. The molecule has 0 aliphatic carbocycles. The first-order valence-corrected chi connectivity index (χ1v) is 8.19. The van der Waals surface area contributed by atoms with Crippen molar-refractivity contribution in [2.24, 2.45) is 0 Å². The van der Waals surface area contributed by atoms with Crippen LogP contribution in [0.5, 0.6) is 0 Å². The zero-order valence-corrected chi connectivity index (χ0v) is 13.5. The number of nitrogens with zero attached hydrogens (tertiary/aromatic N) is 3. The smallest absolute Gasteiger partial charge is 0.256 e. The van der Waals surface area contributed by atoms with Crippen LogP contribution in [0.1, 0.15) is 41.6 Å². The summed E-state index contributed by atoms with van der Waals surface area (Å²) in [5.74, 6) is 1.20. The van der Waals surface area contributed by atoms with Crippen LogP contribution in [0.15, 0.2) is 36.4 Å². The van der Waals surface area contributed by atoms with Crippen LogP contribution < -0.4 is 10.2 Å². The lowest BCUT2D eigenvalue weighted by Gasteiger charge is -2.20. The van der Waals surface area contributed by atoms with Gasteiger partial charge in [0, 0.05) is 18.7 Å². The van der Waals surface area contributed by atoms with E-state index in [0.717, 1.165) is 24.5 Å². The highest BCUT2D eigenvalue weighted by Crippen LogP contribution is 2.17. The zero-order valence-electron chi connectivity index (χ0n) is 13.5. The molecule has 5 heteroatoms. The Hall–Kier alpha value is -2.43. The molecule has 1 saturated heterocycles. The Morgan fingerprint density at radius 2 is 1.65 bits per heavy atom. The molecule has 1 N–H and O–H groups in total. The van der Waals surface area contributed by atoms with Gasteiger partial charge < -0.3 is 10.2 Å². The van der Waals surface area contributed by atoms with E-state index in [1.54, 1.807) is 0 Å². The van der Waals surface area contributed by atoms with Crippen LogP contribution in [-0.2, 0) is 0 Å². The van der Waals surface area contributed by atoms with Gasteiger partial charge in [0.2, 0.25) is 0 Å². The van der Waals surface area contributed by atoms with Gasteiger partial charge in [0.1, 0.15) is 0 Å². The van der Waals surface area contributed by atoms with Gasteiger partial charge in [-0.3, -0.25) is 4.79 Å². The van der Waals surface area contributed by atoms with Crippen molar-refractivity contribution >= 4 is 17.5 Å². The molecule has 3 rings (SSSR count). The molecule has 23 heavy (non-hydrogen) atoms. The summed E-state index contributed by atoms with van der Waals surface area (Å²) in [5, 5.41) is 11.2. The molecular weight excluding hydrogens is 288 g/mol. The number of aryl methyl sites for hydroxylation is 1. The molecule has 2 heterocycles. The van der Waals surface area contributed by atoms with Crippen LogP contribution in [0.2, 0.25) is 0 Å². The molecule has 1 amide bonds. The lowest BCUT2D eigenvalue weighted by atomic mass is 10.1. The number of benzene rings is 1. The van der Waals surface area contributed by atoms with Crippen LogP contribution >= 0.6 is 0 Å². The molecule has 0 spiro atoms. The van der Waals surface area contributed by atoms with E-state index < -0.39 is 0 Å². The third-order valence-electron chi connectivity index (χ3n) is 4.14. The fourth-order valence-electron chi connectivity index (χ4n) is 2.75. The average Bonchev–Trinajstić information content (AvgIpc) is 2.85. The number of hydrogen-bond donors (Lipinski definition) is 1. The lowest BCUT2D eigenvalue weighted by Crippen LogP contribution is -2.25. The number of carbonyl (C=O) groups excluding carboxylic acids is 1. The second kappa shape index (κ2) is 7.22. The van der Waals surface area contributed by atoms with E-state index in [0.29, 0.717) is 11.4 Å². The first-order chi connectivity index (χ1) is 11.2. The molecule has 0 saturated carbocycles. The van der Waals surface area contributed by atoms with Gasteiger partial charge in [-0.15, -0.1) is 10.2 Å². The summed E-state index contributed by atoms with van der Waals surface area (Å²) in [6.07, 6.45) is 4.98. The van der Waals surface area contributed by atoms with Crippen LogP contribution in [0.3, 0.4) is 0 Å². The molecule has 1 aliphatic heterocycles. The van der Waals surface area contributed by atoms with Gasteiger partial charge in [0.25, 0.3) is 5.91 Å². The summed E-state index contributed by atoms with van der Waals surface area (Å²) < 4.78 is 0. The highest BCUT2D eigenvalue weighted by Gasteiger charge is 2.12. The molecule has 0 atom stereocenters. The van der Waals surface area contributed by atoms with E-state index in [4.69, 9.17) is 0 Å². The minimum absolute atomic E-state index is 0.165. The molecule has 1 fully saturated rings. The molecule has 0 radical (unpaired) electrons. The molecule has 1 aromatic carbocycles. The number of carbonyl (C=O) groups is 1. The summed E-state index contributed by atoms with van der Waals surface area (Å²) in [4.78, 5) is 14.4. The number of anilines is 2. The maximum Gasteiger partial charge on any atom is 0.256 e. The van der Waals surface area contributed by atoms with Gasteiger partial charge in [-0.25, -0.2) is 0 Å². The molecule has 1 aromatic heterocycles. The predicted molar refractivity (Wildman–Crippen MR) is 91.8 cm³/mol. The maximum atomic E-state index is 12.2. The van der Waals surface area contributed by atoms with Crippen LogP contribution in [0, 0.1) is 6.92 Å². The highest BCUT2D eigenvalue weighted by molar-refractivity contribution is 6.03. The summed E-state index contributed by atoms with van der Waals surface area (Å²) in [7, 11) is 0. The second-order valence-electron chi connectivity index (χ2n) is 6.00. The number of amides is 1. The van der Waals surface area contributed by atoms with E-state index in [-0.39, 0.29) is 5.91 Å². The standard InChI is InChI=1S/C18H22N4O/c1-14-6-8-15(9-7-14)18(23)19-16-10-11-17(21-20-16)22-12-4-2-3-5-13-22/h6-11H,2-5,12-13H2,1H3,(H,19,20,23). The Balaban J connectivity index is 1.64. The minimum atomic E-state index is -0.165. The van der Waals surface area contributed by atoms with Crippen molar-refractivity contribution in [2.75, 3.05) is 23.3 Å². The summed E-state index contributed by atoms with van der Waals surface area (Å²) in [6, 6.07) is 11.2. The number of rotatable bonds is 3. The Morgan fingerprint density at radius 3 is 2.26 bits per heavy atom. The van der Waals surface area contributed by atoms with Gasteiger partial charge in [0.05, 0.1) is 0 Å². The Bertz CT molecular complexity index is 644. The maximum absolute atomic E-state index is 12.2. The molecular formula is C18H22N4O. The first kappa shape index (κ1) is 15.5. The van der Waals surface area contributed by atoms with E-state index in [1.165, 1.54) is 25.7 Å². The largest absolute Gasteiger partial charge is 0.355 e. The summed E-state index contributed by atoms with van der Waals surface area (Å²) in [6.45, 7) is 4.06. The Morgan fingerprint density at radius 1 is 0.957 bits per heavy atom. The SMILES string of the molecule is Cc1ccc(C(=O)Nc2ccc(N3CCCCCC3)nn2)cc1. The normalized spacial score (nSPS) is 15.1. The van der Waals surface area contributed by atoms with Gasteiger partial charge in [0.15, 0.2) is 11.6 Å². The van der Waals surface area contributed by atoms with Crippen molar-refractivity contribution in [3.05, 3.63) is 47.5 Å². The molecule has 0 unspecified atom stereocenters. The molecule has 0 bridgehead atoms. The highest BCUT2D eigenvalue weighted by atomic mass is 16.1. The molecule has 2 aromatic rings. The topological polar surface area (TPSA) is 58.1 Å². The third kappa shape index (κ3) is 4.06. The fraction of sp³-hybridized carbons (Fsp3) is 0.389. The first-order valence-electron chi connectivity index (χ1n) is 8.19. The van der Waals surface area contributed by atoms with Gasteiger partial charge >= 0.3 is 0 Å². The Labute approximate surface area is 136 Å². The predicted octanol–water partition coefficient (Wildman–Crippen LogP) is 3.42. The van der Waals surface area contributed by atoms with Crippen LogP contribution in [-0.4, -0.2) is 29.2 Å². The molecule has 5 nitrogen and oxygen atoms in total. The van der Waals surface area contributed by atoms with Crippen molar-refractivity contribution < 1.29 is 4.79 Å². The van der Waals surface area contributed by atoms with E-state index in [1.807, 2.05) is 43.3 Å². The molecule has 120 valence electrons. The van der Waals surface area contributed by atoms with Crippen molar-refractivity contribution in [3.63, 3.8) is 0 Å². The van der Waals surface area contributed by atoms with E-state index >= 15 is 0 Å². The van der Waals surface area contributed by atoms with Crippen molar-refractivity contribution in [1.29, 1.82) is 0 Å². The monoisotopic (exact) mass is 310 g/mol. The van der Waals surface area contributed by atoms with Crippen LogP contribution in [0.4, 0.5) is 11.6 Å². The van der Waals surface area contributed by atoms with E-state index in [2.05, 4.69) is 20.4 Å². The summed E-state index contributed by atoms with van der Waals surface area (Å²) >= 11 is 0. The summed E-state index contributed by atoms with van der Waals surface area (Å²) in [5.41, 5.74) is 1.75. The zero-order chi connectivity index (χ0) is 16.1. The molecule has 1 aliphatic rings. The van der Waals surface area contributed by atoms with Crippen LogP contribution in [0.25, 0.3) is 0 Å². The van der Waals surface area contributed by atoms with Gasteiger partial charge in [-0.1, -0.05) is 30.5 Å². The minimum Gasteiger partial charge on any atom is -0.355 e. The number of nitrogens with one attached hydrogen (secondary N) is 1. The quantitative estimate of drug-likeness (QED) is 0.943. The third-order valence-corrected chi connectivity index (χ3v) is 4.14. The van der Waals surface area contributed by atoms with Gasteiger partial charge in [-0.2, -0.15) is 0 Å². The second-order valence-corrected chi connectivity index (χ2v) is 6.00. The average molecular weight is 310 g/mol. The Kier molecular flexibility index (Phi) is 4.86. The van der Waals surface area contributed by atoms with E-state index in [9.17, 15) is 4.79 Å². The van der Waals surface area contributed by atoms with Crippen molar-refractivity contribution in [3.8, 4) is 0 Å².